The first-order valence-electron chi connectivity index (χ1n) is 7.38. The second-order valence-electron chi connectivity index (χ2n) is 5.17. The van der Waals surface area contributed by atoms with Crippen LogP contribution in [-0.4, -0.2) is 12.6 Å². The van der Waals surface area contributed by atoms with E-state index < -0.39 is 0 Å². The Bertz CT molecular complexity index is 542. The molecule has 2 rings (SSSR count). The zero-order valence-electron chi connectivity index (χ0n) is 12.2. The summed E-state index contributed by atoms with van der Waals surface area (Å²) < 4.78 is 14.7. The van der Waals surface area contributed by atoms with E-state index >= 15 is 0 Å². The summed E-state index contributed by atoms with van der Waals surface area (Å²) in [6.07, 6.45) is 4.07. The Kier molecular flexibility index (Phi) is 6.87. The molecule has 21 heavy (non-hydrogen) atoms. The van der Waals surface area contributed by atoms with Gasteiger partial charge in [0.15, 0.2) is 0 Å². The summed E-state index contributed by atoms with van der Waals surface area (Å²) in [4.78, 5) is 1.43. The van der Waals surface area contributed by atoms with Crippen LogP contribution in [0.25, 0.3) is 0 Å². The van der Waals surface area contributed by atoms with Crippen LogP contribution in [-0.2, 0) is 12.8 Å². The minimum atomic E-state index is -0.120. The Hall–Kier alpha value is -0.710. The lowest BCUT2D eigenvalue weighted by Gasteiger charge is -2.18. The largest absolute Gasteiger partial charge is 0.314 e. The minimum Gasteiger partial charge on any atom is -0.314 e. The lowest BCUT2D eigenvalue weighted by molar-refractivity contribution is 0.467. The highest BCUT2D eigenvalue weighted by atomic mass is 79.9. The van der Waals surface area contributed by atoms with Crippen molar-refractivity contribution in [3.8, 4) is 0 Å². The van der Waals surface area contributed by atoms with Gasteiger partial charge in [0.2, 0.25) is 0 Å². The number of benzene rings is 1. The number of aryl methyl sites for hydroxylation is 1. The molecule has 1 nitrogen and oxygen atoms in total. The molecule has 4 heteroatoms. The molecule has 1 atom stereocenters. The Labute approximate surface area is 138 Å². The van der Waals surface area contributed by atoms with Crippen LogP contribution in [0.4, 0.5) is 4.39 Å². The molecule has 0 bridgehead atoms. The van der Waals surface area contributed by atoms with Crippen molar-refractivity contribution in [1.29, 1.82) is 0 Å². The van der Waals surface area contributed by atoms with Gasteiger partial charge in [-0.3, -0.25) is 0 Å². The van der Waals surface area contributed by atoms with Crippen molar-refractivity contribution in [3.05, 3.63) is 56.4 Å². The molecule has 114 valence electrons. The molecular formula is C17H21BrFNS. The molecule has 0 aliphatic heterocycles. The van der Waals surface area contributed by atoms with Gasteiger partial charge in [0.25, 0.3) is 0 Å². The first-order valence-corrected chi connectivity index (χ1v) is 9.06. The third kappa shape index (κ3) is 5.53. The molecule has 0 saturated carbocycles. The SMILES string of the molecule is CCNC(CCCc1cccs1)Cc1ccc(Br)cc1F. The fourth-order valence-electron chi connectivity index (χ4n) is 2.50. The van der Waals surface area contributed by atoms with E-state index in [0.29, 0.717) is 6.04 Å². The second-order valence-corrected chi connectivity index (χ2v) is 7.11. The molecule has 0 amide bonds. The molecule has 1 N–H and O–H groups in total. The number of hydrogen-bond donors (Lipinski definition) is 1. The Morgan fingerprint density at radius 1 is 1.33 bits per heavy atom. The van der Waals surface area contributed by atoms with E-state index in [1.165, 1.54) is 4.88 Å². The van der Waals surface area contributed by atoms with E-state index in [1.807, 2.05) is 23.5 Å². The molecule has 0 fully saturated rings. The molecule has 1 unspecified atom stereocenters. The Morgan fingerprint density at radius 2 is 2.19 bits per heavy atom. The smallest absolute Gasteiger partial charge is 0.127 e. The van der Waals surface area contributed by atoms with Gasteiger partial charge in [0.1, 0.15) is 5.82 Å². The molecule has 0 aliphatic carbocycles. The average Bonchev–Trinajstić information content (AvgIpc) is 2.95. The van der Waals surface area contributed by atoms with Crippen molar-refractivity contribution in [2.45, 2.75) is 38.6 Å². The normalized spacial score (nSPS) is 12.5. The van der Waals surface area contributed by atoms with Gasteiger partial charge < -0.3 is 5.32 Å². The number of hydrogen-bond acceptors (Lipinski definition) is 2. The van der Waals surface area contributed by atoms with Crippen LogP contribution < -0.4 is 5.32 Å². The highest BCUT2D eigenvalue weighted by molar-refractivity contribution is 9.10. The number of nitrogens with one attached hydrogen (secondary N) is 1. The zero-order chi connectivity index (χ0) is 15.1. The topological polar surface area (TPSA) is 12.0 Å². The van der Waals surface area contributed by atoms with E-state index in [1.54, 1.807) is 6.07 Å². The second kappa shape index (κ2) is 8.66. The fraction of sp³-hybridized carbons (Fsp3) is 0.412. The summed E-state index contributed by atoms with van der Waals surface area (Å²) >= 11 is 5.11. The van der Waals surface area contributed by atoms with Crippen LogP contribution in [0.2, 0.25) is 0 Å². The lowest BCUT2D eigenvalue weighted by Crippen LogP contribution is -2.31. The highest BCUT2D eigenvalue weighted by Gasteiger charge is 2.12. The summed E-state index contributed by atoms with van der Waals surface area (Å²) in [5.41, 5.74) is 0.792. The van der Waals surface area contributed by atoms with Crippen molar-refractivity contribution in [2.24, 2.45) is 0 Å². The number of likely N-dealkylation sites (N-methyl/N-ethyl adjacent to an activating group) is 1. The van der Waals surface area contributed by atoms with Crippen LogP contribution in [0.15, 0.2) is 40.2 Å². The number of rotatable bonds is 8. The van der Waals surface area contributed by atoms with Crippen LogP contribution in [0.3, 0.4) is 0 Å². The van der Waals surface area contributed by atoms with Gasteiger partial charge in [0, 0.05) is 15.4 Å². The van der Waals surface area contributed by atoms with E-state index in [-0.39, 0.29) is 5.82 Å². The van der Waals surface area contributed by atoms with Gasteiger partial charge >= 0.3 is 0 Å². The molecule has 0 saturated heterocycles. The predicted molar refractivity (Wildman–Crippen MR) is 92.5 cm³/mol. The Morgan fingerprint density at radius 3 is 2.86 bits per heavy atom. The first kappa shape index (κ1) is 16.7. The zero-order valence-corrected chi connectivity index (χ0v) is 14.6. The summed E-state index contributed by atoms with van der Waals surface area (Å²) in [6, 6.07) is 9.95. The molecule has 1 aromatic carbocycles. The van der Waals surface area contributed by atoms with Gasteiger partial charge in [-0.1, -0.05) is 35.0 Å². The maximum absolute atomic E-state index is 13.9. The highest BCUT2D eigenvalue weighted by Crippen LogP contribution is 2.19. The van der Waals surface area contributed by atoms with Crippen molar-refractivity contribution < 1.29 is 4.39 Å². The van der Waals surface area contributed by atoms with Gasteiger partial charge in [-0.05, 0) is 61.4 Å². The summed E-state index contributed by atoms with van der Waals surface area (Å²) in [7, 11) is 0. The van der Waals surface area contributed by atoms with E-state index in [0.717, 1.165) is 42.3 Å². The van der Waals surface area contributed by atoms with Gasteiger partial charge in [-0.15, -0.1) is 11.3 Å². The predicted octanol–water partition coefficient (Wildman–Crippen LogP) is 5.19. The van der Waals surface area contributed by atoms with Crippen molar-refractivity contribution in [2.75, 3.05) is 6.54 Å². The number of thiophene rings is 1. The third-order valence-electron chi connectivity index (χ3n) is 3.53. The van der Waals surface area contributed by atoms with Gasteiger partial charge in [0.05, 0.1) is 0 Å². The number of halogens is 2. The quantitative estimate of drug-likeness (QED) is 0.674. The lowest BCUT2D eigenvalue weighted by atomic mass is 10.00. The first-order chi connectivity index (χ1) is 10.2. The van der Waals surface area contributed by atoms with Crippen molar-refractivity contribution >= 4 is 27.3 Å². The molecule has 2 aromatic rings. The maximum atomic E-state index is 13.9. The van der Waals surface area contributed by atoms with E-state index in [2.05, 4.69) is 45.7 Å². The molecule has 0 radical (unpaired) electrons. The fourth-order valence-corrected chi connectivity index (χ4v) is 3.58. The van der Waals surface area contributed by atoms with E-state index in [4.69, 9.17) is 0 Å². The summed E-state index contributed by atoms with van der Waals surface area (Å²) in [6.45, 7) is 3.02. The molecule has 0 aliphatic rings. The Balaban J connectivity index is 1.88. The summed E-state index contributed by atoms with van der Waals surface area (Å²) in [5.74, 6) is -0.120. The van der Waals surface area contributed by atoms with Gasteiger partial charge in [-0.2, -0.15) is 0 Å². The van der Waals surface area contributed by atoms with Crippen molar-refractivity contribution in [1.82, 2.24) is 5.32 Å². The standard InChI is InChI=1S/C17H21BrFNS/c1-2-20-15(5-3-6-16-7-4-10-21-16)11-13-8-9-14(18)12-17(13)19/h4,7-10,12,15,20H,2-3,5-6,11H2,1H3. The average molecular weight is 370 g/mol. The molecule has 1 heterocycles. The van der Waals surface area contributed by atoms with Crippen LogP contribution in [0, 0.1) is 5.82 Å². The van der Waals surface area contributed by atoms with Crippen LogP contribution >= 0.6 is 27.3 Å². The van der Waals surface area contributed by atoms with E-state index in [9.17, 15) is 4.39 Å². The summed E-state index contributed by atoms with van der Waals surface area (Å²) in [5, 5.41) is 5.60. The van der Waals surface area contributed by atoms with Crippen molar-refractivity contribution in [3.63, 3.8) is 0 Å². The maximum Gasteiger partial charge on any atom is 0.127 e. The van der Waals surface area contributed by atoms with Crippen LogP contribution in [0.5, 0.6) is 0 Å². The minimum absolute atomic E-state index is 0.120. The monoisotopic (exact) mass is 369 g/mol. The molecule has 1 aromatic heterocycles. The van der Waals surface area contributed by atoms with Gasteiger partial charge in [-0.25, -0.2) is 4.39 Å². The third-order valence-corrected chi connectivity index (χ3v) is 4.96. The molecule has 0 spiro atoms. The molecular weight excluding hydrogens is 349 g/mol. The van der Waals surface area contributed by atoms with Crippen LogP contribution in [0.1, 0.15) is 30.2 Å².